The van der Waals surface area contributed by atoms with Crippen molar-refractivity contribution in [2.45, 2.75) is 6.42 Å². The van der Waals surface area contributed by atoms with Crippen LogP contribution in [-0.2, 0) is 6.42 Å². The van der Waals surface area contributed by atoms with Crippen LogP contribution in [0.5, 0.6) is 5.75 Å². The molecule has 0 saturated heterocycles. The summed E-state index contributed by atoms with van der Waals surface area (Å²) >= 11 is 0. The first-order valence-corrected chi connectivity index (χ1v) is 4.82. The highest BCUT2D eigenvalue weighted by Crippen LogP contribution is 2.27. The zero-order chi connectivity index (χ0) is 10.8. The summed E-state index contributed by atoms with van der Waals surface area (Å²) < 4.78 is 12.9. The standard InChI is InChI=1S/C12H12FNO/c13-10-2-1-9-5-8(3-4-14)6-12(15)11(9)7-10/h1-2,5-7,15H,3-4,14H2. The van der Waals surface area contributed by atoms with E-state index in [0.717, 1.165) is 10.9 Å². The molecule has 78 valence electrons. The Morgan fingerprint density at radius 3 is 2.73 bits per heavy atom. The van der Waals surface area contributed by atoms with Crippen molar-refractivity contribution < 1.29 is 9.50 Å². The lowest BCUT2D eigenvalue weighted by Crippen LogP contribution is -2.02. The summed E-state index contributed by atoms with van der Waals surface area (Å²) in [5.41, 5.74) is 6.40. The van der Waals surface area contributed by atoms with E-state index in [4.69, 9.17) is 5.73 Å². The third-order valence-electron chi connectivity index (χ3n) is 2.39. The van der Waals surface area contributed by atoms with E-state index in [0.29, 0.717) is 18.4 Å². The normalized spacial score (nSPS) is 10.8. The molecule has 0 heterocycles. The molecule has 0 spiro atoms. The molecule has 0 unspecified atom stereocenters. The van der Waals surface area contributed by atoms with Gasteiger partial charge in [0.05, 0.1) is 0 Å². The maximum Gasteiger partial charge on any atom is 0.123 e. The van der Waals surface area contributed by atoms with Crippen LogP contribution in [0.4, 0.5) is 4.39 Å². The van der Waals surface area contributed by atoms with Crippen molar-refractivity contribution in [1.82, 2.24) is 0 Å². The molecule has 0 saturated carbocycles. The molecule has 2 nitrogen and oxygen atoms in total. The van der Waals surface area contributed by atoms with Crippen molar-refractivity contribution in [2.75, 3.05) is 6.54 Å². The minimum Gasteiger partial charge on any atom is -0.507 e. The second-order valence-electron chi connectivity index (χ2n) is 3.52. The third-order valence-corrected chi connectivity index (χ3v) is 2.39. The van der Waals surface area contributed by atoms with Gasteiger partial charge >= 0.3 is 0 Å². The van der Waals surface area contributed by atoms with E-state index in [-0.39, 0.29) is 11.6 Å². The molecular formula is C12H12FNO. The minimum absolute atomic E-state index is 0.107. The van der Waals surface area contributed by atoms with Gasteiger partial charge in [0.25, 0.3) is 0 Å². The molecule has 3 N–H and O–H groups in total. The number of hydrogen-bond donors (Lipinski definition) is 2. The van der Waals surface area contributed by atoms with Crippen LogP contribution >= 0.6 is 0 Å². The summed E-state index contributed by atoms with van der Waals surface area (Å²) in [5, 5.41) is 11.1. The van der Waals surface area contributed by atoms with Gasteiger partial charge in [-0.15, -0.1) is 0 Å². The Hall–Kier alpha value is -1.61. The van der Waals surface area contributed by atoms with Gasteiger partial charge in [-0.25, -0.2) is 4.39 Å². The van der Waals surface area contributed by atoms with Crippen LogP contribution in [0.2, 0.25) is 0 Å². The number of nitrogens with two attached hydrogens (primary N) is 1. The first-order valence-electron chi connectivity index (χ1n) is 4.82. The molecule has 0 bridgehead atoms. The van der Waals surface area contributed by atoms with E-state index >= 15 is 0 Å². The SMILES string of the molecule is NCCc1cc(O)c2cc(F)ccc2c1. The molecule has 2 rings (SSSR count). The molecule has 3 heteroatoms. The van der Waals surface area contributed by atoms with E-state index in [2.05, 4.69) is 0 Å². The maximum atomic E-state index is 12.9. The number of halogens is 1. The summed E-state index contributed by atoms with van der Waals surface area (Å²) in [4.78, 5) is 0. The molecule has 0 aliphatic heterocycles. The smallest absolute Gasteiger partial charge is 0.123 e. The maximum absolute atomic E-state index is 12.9. The molecule has 0 aliphatic rings. The van der Waals surface area contributed by atoms with Crippen molar-refractivity contribution in [2.24, 2.45) is 5.73 Å². The summed E-state index contributed by atoms with van der Waals surface area (Å²) in [6.45, 7) is 0.534. The number of benzene rings is 2. The van der Waals surface area contributed by atoms with Gasteiger partial charge in [-0.1, -0.05) is 12.1 Å². The van der Waals surface area contributed by atoms with Crippen LogP contribution in [-0.4, -0.2) is 11.7 Å². The van der Waals surface area contributed by atoms with Crippen LogP contribution in [0.15, 0.2) is 30.3 Å². The van der Waals surface area contributed by atoms with Gasteiger partial charge in [0.1, 0.15) is 11.6 Å². The summed E-state index contributed by atoms with van der Waals surface area (Å²) in [6, 6.07) is 7.92. The highest BCUT2D eigenvalue weighted by atomic mass is 19.1. The predicted molar refractivity (Wildman–Crippen MR) is 58.3 cm³/mol. The van der Waals surface area contributed by atoms with Crippen molar-refractivity contribution in [3.8, 4) is 5.75 Å². The van der Waals surface area contributed by atoms with Crippen molar-refractivity contribution in [3.63, 3.8) is 0 Å². The van der Waals surface area contributed by atoms with Gasteiger partial charge in [-0.05, 0) is 42.1 Å². The van der Waals surface area contributed by atoms with Crippen molar-refractivity contribution >= 4 is 10.8 Å². The summed E-state index contributed by atoms with van der Waals surface area (Å²) in [5.74, 6) is -0.236. The Kier molecular flexibility index (Phi) is 2.56. The highest BCUT2D eigenvalue weighted by molar-refractivity contribution is 5.88. The van der Waals surface area contributed by atoms with Gasteiger partial charge in [-0.3, -0.25) is 0 Å². The Morgan fingerprint density at radius 1 is 1.20 bits per heavy atom. The Balaban J connectivity index is 2.62. The molecule has 2 aromatic rings. The Morgan fingerprint density at radius 2 is 2.00 bits per heavy atom. The average molecular weight is 205 g/mol. The molecule has 15 heavy (non-hydrogen) atoms. The lowest BCUT2D eigenvalue weighted by atomic mass is 10.0. The molecule has 0 amide bonds. The van der Waals surface area contributed by atoms with Gasteiger partial charge in [-0.2, -0.15) is 0 Å². The van der Waals surface area contributed by atoms with E-state index < -0.39 is 0 Å². The Labute approximate surface area is 87.1 Å². The van der Waals surface area contributed by atoms with E-state index in [1.54, 1.807) is 12.1 Å². The highest BCUT2D eigenvalue weighted by Gasteiger charge is 2.03. The van der Waals surface area contributed by atoms with Crippen molar-refractivity contribution in [1.29, 1.82) is 0 Å². The number of phenolic OH excluding ortho intramolecular Hbond substituents is 1. The van der Waals surface area contributed by atoms with Crippen LogP contribution in [0.25, 0.3) is 10.8 Å². The zero-order valence-electron chi connectivity index (χ0n) is 8.20. The number of phenols is 1. The monoisotopic (exact) mass is 205 g/mol. The number of hydrogen-bond acceptors (Lipinski definition) is 2. The predicted octanol–water partition coefficient (Wildman–Crippen LogP) is 2.19. The first-order chi connectivity index (χ1) is 7.20. The van der Waals surface area contributed by atoms with E-state index in [1.807, 2.05) is 6.07 Å². The lowest BCUT2D eigenvalue weighted by molar-refractivity contribution is 0.480. The second kappa shape index (κ2) is 3.87. The molecule has 0 atom stereocenters. The van der Waals surface area contributed by atoms with Gasteiger partial charge in [0.2, 0.25) is 0 Å². The zero-order valence-corrected chi connectivity index (χ0v) is 8.20. The topological polar surface area (TPSA) is 46.2 Å². The van der Waals surface area contributed by atoms with Crippen LogP contribution in [0, 0.1) is 5.82 Å². The van der Waals surface area contributed by atoms with Crippen LogP contribution in [0.1, 0.15) is 5.56 Å². The number of aromatic hydroxyl groups is 1. The molecule has 0 aromatic heterocycles. The van der Waals surface area contributed by atoms with Gasteiger partial charge in [0, 0.05) is 5.39 Å². The summed E-state index contributed by atoms with van der Waals surface area (Å²) in [6.07, 6.45) is 0.709. The minimum atomic E-state index is -0.343. The third kappa shape index (κ3) is 1.92. The number of rotatable bonds is 2. The molecule has 2 aromatic carbocycles. The van der Waals surface area contributed by atoms with Gasteiger partial charge in [0.15, 0.2) is 0 Å². The summed E-state index contributed by atoms with van der Waals surface area (Å²) in [7, 11) is 0. The van der Waals surface area contributed by atoms with Crippen molar-refractivity contribution in [3.05, 3.63) is 41.7 Å². The molecule has 0 fully saturated rings. The second-order valence-corrected chi connectivity index (χ2v) is 3.52. The largest absolute Gasteiger partial charge is 0.507 e. The fourth-order valence-electron chi connectivity index (χ4n) is 1.68. The van der Waals surface area contributed by atoms with E-state index in [1.165, 1.54) is 12.1 Å². The molecular weight excluding hydrogens is 193 g/mol. The van der Waals surface area contributed by atoms with E-state index in [9.17, 15) is 9.50 Å². The fourth-order valence-corrected chi connectivity index (χ4v) is 1.68. The fraction of sp³-hybridized carbons (Fsp3) is 0.167. The molecule has 0 radical (unpaired) electrons. The molecule has 0 aliphatic carbocycles. The van der Waals surface area contributed by atoms with Crippen LogP contribution in [0.3, 0.4) is 0 Å². The quantitative estimate of drug-likeness (QED) is 0.789. The van der Waals surface area contributed by atoms with Gasteiger partial charge < -0.3 is 10.8 Å². The Bertz CT molecular complexity index is 496. The average Bonchev–Trinajstić information content (AvgIpc) is 2.20. The lowest BCUT2D eigenvalue weighted by Gasteiger charge is -2.05. The number of fused-ring (bicyclic) bond motifs is 1. The van der Waals surface area contributed by atoms with Crippen LogP contribution < -0.4 is 5.73 Å². The first kappa shape index (κ1) is 9.93.